The maximum atomic E-state index is 5.51. The predicted octanol–water partition coefficient (Wildman–Crippen LogP) is 1.70. The summed E-state index contributed by atoms with van der Waals surface area (Å²) in [6.45, 7) is 3.68. The second-order valence-corrected chi connectivity index (χ2v) is 6.01. The van der Waals surface area contributed by atoms with Gasteiger partial charge in [0.15, 0.2) is 4.34 Å². The summed E-state index contributed by atoms with van der Waals surface area (Å²) in [5, 5.41) is 8.35. The van der Waals surface area contributed by atoms with Gasteiger partial charge in [-0.1, -0.05) is 29.5 Å². The summed E-state index contributed by atoms with van der Waals surface area (Å²) in [6.07, 6.45) is 4.11. The van der Waals surface area contributed by atoms with E-state index in [9.17, 15) is 0 Å². The monoisotopic (exact) mass is 244 g/mol. The fourth-order valence-corrected chi connectivity index (χ4v) is 3.43. The third kappa shape index (κ3) is 3.62. The third-order valence-electron chi connectivity index (χ3n) is 2.50. The Kier molecular flexibility index (Phi) is 4.22. The maximum absolute atomic E-state index is 5.51. The summed E-state index contributed by atoms with van der Waals surface area (Å²) < 4.78 is 0.990. The Morgan fingerprint density at radius 2 is 2.07 bits per heavy atom. The van der Waals surface area contributed by atoms with Crippen LogP contribution in [-0.2, 0) is 0 Å². The summed E-state index contributed by atoms with van der Waals surface area (Å²) in [7, 11) is 0. The summed E-state index contributed by atoms with van der Waals surface area (Å²) in [5.41, 5.74) is 5.51. The lowest BCUT2D eigenvalue weighted by Crippen LogP contribution is -2.31. The van der Waals surface area contributed by atoms with E-state index in [-0.39, 0.29) is 0 Å². The highest BCUT2D eigenvalue weighted by molar-refractivity contribution is 8.01. The first-order chi connectivity index (χ1) is 7.34. The van der Waals surface area contributed by atoms with Gasteiger partial charge in [-0.25, -0.2) is 0 Å². The van der Waals surface area contributed by atoms with Gasteiger partial charge in [0.2, 0.25) is 5.13 Å². The molecule has 0 saturated carbocycles. The fourth-order valence-electron chi connectivity index (χ4n) is 1.72. The van der Waals surface area contributed by atoms with Crippen molar-refractivity contribution in [1.82, 2.24) is 15.1 Å². The van der Waals surface area contributed by atoms with E-state index in [1.165, 1.54) is 43.7 Å². The van der Waals surface area contributed by atoms with Crippen LogP contribution in [0.5, 0.6) is 0 Å². The highest BCUT2D eigenvalue weighted by Crippen LogP contribution is 2.23. The van der Waals surface area contributed by atoms with Crippen molar-refractivity contribution in [1.29, 1.82) is 0 Å². The van der Waals surface area contributed by atoms with Crippen LogP contribution in [0.1, 0.15) is 19.3 Å². The number of anilines is 1. The summed E-state index contributed by atoms with van der Waals surface area (Å²) >= 11 is 3.23. The van der Waals surface area contributed by atoms with E-state index in [0.29, 0.717) is 5.13 Å². The van der Waals surface area contributed by atoms with Gasteiger partial charge < -0.3 is 10.6 Å². The lowest BCUT2D eigenvalue weighted by atomic mass is 10.1. The first-order valence-corrected chi connectivity index (χ1v) is 7.09. The number of aromatic nitrogens is 2. The van der Waals surface area contributed by atoms with E-state index < -0.39 is 0 Å². The number of hydrogen-bond acceptors (Lipinski definition) is 6. The molecule has 0 amide bonds. The van der Waals surface area contributed by atoms with Gasteiger partial charge in [-0.05, 0) is 25.9 Å². The van der Waals surface area contributed by atoms with Gasteiger partial charge in [0.25, 0.3) is 0 Å². The van der Waals surface area contributed by atoms with Crippen molar-refractivity contribution in [3.63, 3.8) is 0 Å². The van der Waals surface area contributed by atoms with Crippen molar-refractivity contribution in [2.45, 2.75) is 23.6 Å². The first-order valence-electron chi connectivity index (χ1n) is 5.29. The molecule has 0 spiro atoms. The zero-order valence-corrected chi connectivity index (χ0v) is 10.3. The topological polar surface area (TPSA) is 55.0 Å². The number of rotatable bonds is 4. The fraction of sp³-hybridized carbons (Fsp3) is 0.778. The van der Waals surface area contributed by atoms with Crippen LogP contribution in [0.2, 0.25) is 0 Å². The van der Waals surface area contributed by atoms with E-state index in [1.54, 1.807) is 11.8 Å². The van der Waals surface area contributed by atoms with Gasteiger partial charge in [-0.3, -0.25) is 0 Å². The molecule has 0 aromatic carbocycles. The standard InChI is InChI=1S/C9H16N4S2/c10-8-11-12-9(15-8)14-7-6-13-4-2-1-3-5-13/h1-7H2,(H2,10,11). The van der Waals surface area contributed by atoms with E-state index in [1.807, 2.05) is 0 Å². The molecule has 1 fully saturated rings. The van der Waals surface area contributed by atoms with Crippen LogP contribution in [0.4, 0.5) is 5.13 Å². The van der Waals surface area contributed by atoms with E-state index in [4.69, 9.17) is 5.73 Å². The largest absolute Gasteiger partial charge is 0.374 e. The molecular weight excluding hydrogens is 228 g/mol. The number of piperidine rings is 1. The second kappa shape index (κ2) is 5.67. The summed E-state index contributed by atoms with van der Waals surface area (Å²) in [5.74, 6) is 1.09. The van der Waals surface area contributed by atoms with Crippen molar-refractivity contribution < 1.29 is 0 Å². The molecule has 2 N–H and O–H groups in total. The van der Waals surface area contributed by atoms with Crippen molar-refractivity contribution in [2.75, 3.05) is 31.1 Å². The molecule has 2 rings (SSSR count). The number of hydrogen-bond donors (Lipinski definition) is 1. The molecule has 15 heavy (non-hydrogen) atoms. The van der Waals surface area contributed by atoms with E-state index in [2.05, 4.69) is 15.1 Å². The van der Waals surface area contributed by atoms with Crippen LogP contribution >= 0.6 is 23.1 Å². The van der Waals surface area contributed by atoms with Crippen molar-refractivity contribution in [3.8, 4) is 0 Å². The Labute approximate surface area is 98.3 Å². The Morgan fingerprint density at radius 3 is 2.73 bits per heavy atom. The van der Waals surface area contributed by atoms with Crippen LogP contribution in [-0.4, -0.2) is 40.5 Å². The van der Waals surface area contributed by atoms with Gasteiger partial charge in [-0.15, -0.1) is 10.2 Å². The highest BCUT2D eigenvalue weighted by Gasteiger charge is 2.10. The Balaban J connectivity index is 1.65. The number of thioether (sulfide) groups is 1. The molecule has 0 aliphatic carbocycles. The minimum atomic E-state index is 0.565. The van der Waals surface area contributed by atoms with Crippen LogP contribution in [0.25, 0.3) is 0 Å². The van der Waals surface area contributed by atoms with Gasteiger partial charge in [0.1, 0.15) is 0 Å². The normalized spacial score (nSPS) is 18.1. The first kappa shape index (κ1) is 11.2. The number of nitrogen functional groups attached to an aromatic ring is 1. The molecule has 1 aliphatic heterocycles. The molecule has 84 valence electrons. The molecule has 1 saturated heterocycles. The number of nitrogens with zero attached hydrogens (tertiary/aromatic N) is 3. The lowest BCUT2D eigenvalue weighted by molar-refractivity contribution is 0.242. The van der Waals surface area contributed by atoms with Crippen molar-refractivity contribution in [2.24, 2.45) is 0 Å². The summed E-state index contributed by atoms with van der Waals surface area (Å²) in [4.78, 5) is 2.53. The van der Waals surface area contributed by atoms with Crippen LogP contribution < -0.4 is 5.73 Å². The van der Waals surface area contributed by atoms with Crippen LogP contribution in [0, 0.1) is 0 Å². The van der Waals surface area contributed by atoms with Crippen molar-refractivity contribution >= 4 is 28.2 Å². The molecule has 1 aromatic rings. The highest BCUT2D eigenvalue weighted by atomic mass is 32.2. The van der Waals surface area contributed by atoms with Gasteiger partial charge in [0.05, 0.1) is 0 Å². The molecule has 2 heterocycles. The SMILES string of the molecule is Nc1nnc(SCCN2CCCCC2)s1. The molecule has 0 unspecified atom stereocenters. The molecule has 0 bridgehead atoms. The lowest BCUT2D eigenvalue weighted by Gasteiger charge is -2.25. The van der Waals surface area contributed by atoms with Crippen LogP contribution in [0.3, 0.4) is 0 Å². The number of nitrogens with two attached hydrogens (primary N) is 1. The molecule has 1 aliphatic rings. The Bertz CT molecular complexity index is 296. The average molecular weight is 244 g/mol. The summed E-state index contributed by atoms with van der Waals surface area (Å²) in [6, 6.07) is 0. The smallest absolute Gasteiger partial charge is 0.203 e. The zero-order chi connectivity index (χ0) is 10.5. The quantitative estimate of drug-likeness (QED) is 0.817. The minimum Gasteiger partial charge on any atom is -0.374 e. The second-order valence-electron chi connectivity index (χ2n) is 3.66. The molecule has 0 radical (unpaired) electrons. The molecule has 0 atom stereocenters. The zero-order valence-electron chi connectivity index (χ0n) is 8.69. The third-order valence-corrected chi connectivity index (χ3v) is 4.37. The molecular formula is C9H16N4S2. The van der Waals surface area contributed by atoms with Crippen LogP contribution in [0.15, 0.2) is 4.34 Å². The van der Waals surface area contributed by atoms with Crippen molar-refractivity contribution in [3.05, 3.63) is 0 Å². The number of likely N-dealkylation sites (tertiary alicyclic amines) is 1. The van der Waals surface area contributed by atoms with Gasteiger partial charge in [0, 0.05) is 12.3 Å². The molecule has 6 heteroatoms. The Hall–Kier alpha value is -0.330. The van der Waals surface area contributed by atoms with Gasteiger partial charge in [-0.2, -0.15) is 0 Å². The van der Waals surface area contributed by atoms with E-state index >= 15 is 0 Å². The van der Waals surface area contributed by atoms with E-state index in [0.717, 1.165) is 16.6 Å². The minimum absolute atomic E-state index is 0.565. The Morgan fingerprint density at radius 1 is 1.27 bits per heavy atom. The molecule has 1 aromatic heterocycles. The average Bonchev–Trinajstić information content (AvgIpc) is 2.66. The molecule has 4 nitrogen and oxygen atoms in total. The maximum Gasteiger partial charge on any atom is 0.203 e. The van der Waals surface area contributed by atoms with Gasteiger partial charge >= 0.3 is 0 Å². The predicted molar refractivity (Wildman–Crippen MR) is 65.3 cm³/mol.